The highest BCUT2D eigenvalue weighted by atomic mass is 32.2. The van der Waals surface area contributed by atoms with Crippen molar-refractivity contribution in [2.75, 3.05) is 12.3 Å². The van der Waals surface area contributed by atoms with Gasteiger partial charge in [0, 0.05) is 12.3 Å². The Morgan fingerprint density at radius 3 is 2.75 bits per heavy atom. The number of thioether (sulfide) groups is 1. The second-order valence-corrected chi connectivity index (χ2v) is 6.14. The molecule has 5 heteroatoms. The summed E-state index contributed by atoms with van der Waals surface area (Å²) in [6.45, 7) is 8.11. The molecule has 0 aliphatic carbocycles. The third-order valence-corrected chi connectivity index (χ3v) is 3.63. The summed E-state index contributed by atoms with van der Waals surface area (Å²) in [5, 5.41) is 9.65. The van der Waals surface area contributed by atoms with Crippen molar-refractivity contribution in [1.82, 2.24) is 4.90 Å². The standard InChI is InChI=1S/C11H21NO3S/c1-5-8(13)9-12(6-7-16-9)10(14)15-11(2,3)4/h8-9,13H,5-7H2,1-4H3/t8-,9+/m1/s1. The van der Waals surface area contributed by atoms with Crippen molar-refractivity contribution in [1.29, 1.82) is 0 Å². The molecule has 0 aromatic carbocycles. The molecule has 0 radical (unpaired) electrons. The zero-order chi connectivity index (χ0) is 12.3. The van der Waals surface area contributed by atoms with Crippen LogP contribution in [0.15, 0.2) is 0 Å². The van der Waals surface area contributed by atoms with Crippen molar-refractivity contribution >= 4 is 17.9 Å². The van der Waals surface area contributed by atoms with E-state index in [2.05, 4.69) is 0 Å². The minimum Gasteiger partial charge on any atom is -0.444 e. The molecule has 1 heterocycles. The average Bonchev–Trinajstić information content (AvgIpc) is 2.62. The molecular formula is C11H21NO3S. The molecule has 1 amide bonds. The smallest absolute Gasteiger partial charge is 0.411 e. The van der Waals surface area contributed by atoms with Gasteiger partial charge in [0.2, 0.25) is 0 Å². The number of rotatable bonds is 2. The van der Waals surface area contributed by atoms with Crippen LogP contribution in [-0.2, 0) is 4.74 Å². The topological polar surface area (TPSA) is 49.8 Å². The minimum absolute atomic E-state index is 0.153. The molecule has 94 valence electrons. The van der Waals surface area contributed by atoms with E-state index in [0.29, 0.717) is 13.0 Å². The first kappa shape index (κ1) is 13.6. The highest BCUT2D eigenvalue weighted by molar-refractivity contribution is 8.00. The Bertz CT molecular complexity index is 252. The van der Waals surface area contributed by atoms with Gasteiger partial charge in [-0.1, -0.05) is 6.92 Å². The van der Waals surface area contributed by atoms with Crippen LogP contribution in [0.3, 0.4) is 0 Å². The third-order valence-electron chi connectivity index (χ3n) is 2.30. The van der Waals surface area contributed by atoms with E-state index in [1.165, 1.54) is 0 Å². The quantitative estimate of drug-likeness (QED) is 0.811. The maximum absolute atomic E-state index is 11.9. The van der Waals surface area contributed by atoms with E-state index in [0.717, 1.165) is 5.75 Å². The summed E-state index contributed by atoms with van der Waals surface area (Å²) in [4.78, 5) is 13.5. The number of hydrogen-bond acceptors (Lipinski definition) is 4. The average molecular weight is 247 g/mol. The fraction of sp³-hybridized carbons (Fsp3) is 0.909. The Kier molecular flexibility index (Phi) is 4.50. The van der Waals surface area contributed by atoms with E-state index in [1.54, 1.807) is 16.7 Å². The molecule has 4 nitrogen and oxygen atoms in total. The number of aliphatic hydroxyl groups excluding tert-OH is 1. The van der Waals surface area contributed by atoms with Crippen LogP contribution in [-0.4, -0.2) is 45.5 Å². The number of carbonyl (C=O) groups is 1. The van der Waals surface area contributed by atoms with Crippen LogP contribution in [0.5, 0.6) is 0 Å². The lowest BCUT2D eigenvalue weighted by molar-refractivity contribution is 0.0132. The molecule has 1 N–H and O–H groups in total. The van der Waals surface area contributed by atoms with Crippen LogP contribution in [0, 0.1) is 0 Å². The summed E-state index contributed by atoms with van der Waals surface area (Å²) in [6, 6.07) is 0. The van der Waals surface area contributed by atoms with Gasteiger partial charge in [-0.15, -0.1) is 11.8 Å². The molecule has 1 aliphatic rings. The normalized spacial score (nSPS) is 23.3. The maximum Gasteiger partial charge on any atom is 0.411 e. The number of ether oxygens (including phenoxy) is 1. The molecule has 1 aliphatic heterocycles. The van der Waals surface area contributed by atoms with Crippen molar-refractivity contribution in [2.45, 2.75) is 51.2 Å². The van der Waals surface area contributed by atoms with E-state index in [-0.39, 0.29) is 11.5 Å². The van der Waals surface area contributed by atoms with Crippen LogP contribution in [0.4, 0.5) is 4.79 Å². The van der Waals surface area contributed by atoms with Crippen molar-refractivity contribution in [3.8, 4) is 0 Å². The molecular weight excluding hydrogens is 226 g/mol. The molecule has 2 atom stereocenters. The highest BCUT2D eigenvalue weighted by Gasteiger charge is 2.36. The van der Waals surface area contributed by atoms with Gasteiger partial charge in [0.05, 0.1) is 6.10 Å². The lowest BCUT2D eigenvalue weighted by atomic mass is 10.2. The zero-order valence-electron chi connectivity index (χ0n) is 10.4. The van der Waals surface area contributed by atoms with E-state index < -0.39 is 11.7 Å². The second kappa shape index (κ2) is 5.27. The van der Waals surface area contributed by atoms with Gasteiger partial charge in [-0.05, 0) is 27.2 Å². The Labute approximate surface area is 101 Å². The predicted molar refractivity (Wildman–Crippen MR) is 65.5 cm³/mol. The summed E-state index contributed by atoms with van der Waals surface area (Å²) in [6.07, 6.45) is -0.147. The van der Waals surface area contributed by atoms with Gasteiger partial charge >= 0.3 is 6.09 Å². The highest BCUT2D eigenvalue weighted by Crippen LogP contribution is 2.29. The number of carbonyl (C=O) groups excluding carboxylic acids is 1. The monoisotopic (exact) mass is 247 g/mol. The fourth-order valence-electron chi connectivity index (χ4n) is 1.53. The van der Waals surface area contributed by atoms with Gasteiger partial charge in [0.1, 0.15) is 11.0 Å². The molecule has 0 saturated carbocycles. The molecule has 0 bridgehead atoms. The van der Waals surface area contributed by atoms with Gasteiger partial charge in [-0.2, -0.15) is 0 Å². The van der Waals surface area contributed by atoms with Gasteiger partial charge in [-0.3, -0.25) is 4.90 Å². The number of aliphatic hydroxyl groups is 1. The molecule has 16 heavy (non-hydrogen) atoms. The molecule has 0 unspecified atom stereocenters. The number of hydrogen-bond donors (Lipinski definition) is 1. The number of nitrogens with zero attached hydrogens (tertiary/aromatic N) is 1. The van der Waals surface area contributed by atoms with Crippen LogP contribution < -0.4 is 0 Å². The minimum atomic E-state index is -0.480. The van der Waals surface area contributed by atoms with Crippen LogP contribution >= 0.6 is 11.8 Å². The maximum atomic E-state index is 11.9. The Balaban J connectivity index is 2.61. The van der Waals surface area contributed by atoms with Crippen molar-refractivity contribution in [3.05, 3.63) is 0 Å². The SMILES string of the molecule is CC[C@@H](O)[C@@H]1SCCN1C(=O)OC(C)(C)C. The van der Waals surface area contributed by atoms with Gasteiger partial charge in [-0.25, -0.2) is 4.79 Å². The van der Waals surface area contributed by atoms with Gasteiger partial charge in [0.25, 0.3) is 0 Å². The van der Waals surface area contributed by atoms with Gasteiger partial charge in [0.15, 0.2) is 0 Å². The second-order valence-electron chi connectivity index (χ2n) is 4.91. The lowest BCUT2D eigenvalue weighted by Crippen LogP contribution is -2.44. The van der Waals surface area contributed by atoms with Crippen molar-refractivity contribution in [2.24, 2.45) is 0 Å². The predicted octanol–water partition coefficient (Wildman–Crippen LogP) is 2.07. The van der Waals surface area contributed by atoms with Crippen LogP contribution in [0.25, 0.3) is 0 Å². The lowest BCUT2D eigenvalue weighted by Gasteiger charge is -2.29. The van der Waals surface area contributed by atoms with Crippen molar-refractivity contribution in [3.63, 3.8) is 0 Å². The van der Waals surface area contributed by atoms with Crippen molar-refractivity contribution < 1.29 is 14.6 Å². The van der Waals surface area contributed by atoms with E-state index in [1.807, 2.05) is 27.7 Å². The van der Waals surface area contributed by atoms with Crippen LogP contribution in [0.2, 0.25) is 0 Å². The summed E-state index contributed by atoms with van der Waals surface area (Å²) >= 11 is 1.61. The Morgan fingerprint density at radius 1 is 1.62 bits per heavy atom. The summed E-state index contributed by atoms with van der Waals surface area (Å²) in [5.41, 5.74) is -0.480. The van der Waals surface area contributed by atoms with Gasteiger partial charge < -0.3 is 9.84 Å². The third kappa shape index (κ3) is 3.56. The van der Waals surface area contributed by atoms with E-state index in [4.69, 9.17) is 4.74 Å². The number of amides is 1. The largest absolute Gasteiger partial charge is 0.444 e. The first-order valence-corrected chi connectivity index (χ1v) is 6.69. The summed E-state index contributed by atoms with van der Waals surface area (Å²) < 4.78 is 5.31. The Hall–Kier alpha value is -0.420. The first-order valence-electron chi connectivity index (χ1n) is 5.64. The molecule has 0 spiro atoms. The van der Waals surface area contributed by atoms with Crippen LogP contribution in [0.1, 0.15) is 34.1 Å². The molecule has 1 saturated heterocycles. The first-order chi connectivity index (χ1) is 7.35. The molecule has 0 aromatic heterocycles. The molecule has 0 aromatic rings. The summed E-state index contributed by atoms with van der Waals surface area (Å²) in [5.74, 6) is 0.862. The molecule has 1 rings (SSSR count). The van der Waals surface area contributed by atoms with E-state index >= 15 is 0 Å². The molecule has 1 fully saturated rings. The fourth-order valence-corrected chi connectivity index (χ4v) is 2.85. The zero-order valence-corrected chi connectivity index (χ0v) is 11.2. The van der Waals surface area contributed by atoms with E-state index in [9.17, 15) is 9.90 Å². The Morgan fingerprint density at radius 2 is 2.25 bits per heavy atom. The summed E-state index contributed by atoms with van der Waals surface area (Å²) in [7, 11) is 0.